The second-order valence-corrected chi connectivity index (χ2v) is 6.93. The molecule has 104 valence electrons. The summed E-state index contributed by atoms with van der Waals surface area (Å²) < 4.78 is 0. The summed E-state index contributed by atoms with van der Waals surface area (Å²) in [5.74, 6) is 2.72. The summed E-state index contributed by atoms with van der Waals surface area (Å²) in [6.45, 7) is 4.74. The second kappa shape index (κ2) is 5.56. The van der Waals surface area contributed by atoms with Gasteiger partial charge in [0.25, 0.3) is 0 Å². The summed E-state index contributed by atoms with van der Waals surface area (Å²) in [5.41, 5.74) is 2.95. The van der Waals surface area contributed by atoms with Crippen LogP contribution in [0, 0.1) is 11.8 Å². The van der Waals surface area contributed by atoms with Crippen LogP contribution in [0.3, 0.4) is 0 Å². The number of hydrogen-bond acceptors (Lipinski definition) is 1. The first-order valence-electron chi connectivity index (χ1n) is 8.08. The summed E-state index contributed by atoms with van der Waals surface area (Å²) in [4.78, 5) is 0. The molecule has 0 bridgehead atoms. The average Bonchev–Trinajstić information content (AvgIpc) is 2.41. The number of anilines is 1. The number of rotatable bonds is 2. The Hall–Kier alpha value is -0.980. The highest BCUT2D eigenvalue weighted by Crippen LogP contribution is 2.41. The fourth-order valence-corrected chi connectivity index (χ4v) is 4.05. The topological polar surface area (TPSA) is 12.0 Å². The predicted octanol–water partition coefficient (Wildman–Crippen LogP) is 5.19. The van der Waals surface area contributed by atoms with Crippen molar-refractivity contribution in [2.24, 2.45) is 11.8 Å². The van der Waals surface area contributed by atoms with Crippen LogP contribution >= 0.6 is 0 Å². The maximum atomic E-state index is 3.63. The Bertz CT molecular complexity index is 417. The maximum Gasteiger partial charge on any atom is 0.0377 e. The van der Waals surface area contributed by atoms with Crippen molar-refractivity contribution in [3.05, 3.63) is 29.8 Å². The van der Waals surface area contributed by atoms with Gasteiger partial charge in [0.1, 0.15) is 0 Å². The Labute approximate surface area is 117 Å². The average molecular weight is 257 g/mol. The Kier molecular flexibility index (Phi) is 3.81. The summed E-state index contributed by atoms with van der Waals surface area (Å²) in [7, 11) is 0. The third kappa shape index (κ3) is 2.96. The van der Waals surface area contributed by atoms with Crippen LogP contribution in [0.5, 0.6) is 0 Å². The van der Waals surface area contributed by atoms with Gasteiger partial charge in [-0.15, -0.1) is 0 Å². The number of benzene rings is 1. The fraction of sp³-hybridized carbons (Fsp3) is 0.667. The molecule has 0 amide bonds. The summed E-state index contributed by atoms with van der Waals surface area (Å²) >= 11 is 0. The molecular weight excluding hydrogens is 230 g/mol. The third-order valence-corrected chi connectivity index (χ3v) is 5.19. The SMILES string of the molecule is CC1CCC(CC2CC(C)Nc3ccccc32)CC1. The van der Waals surface area contributed by atoms with E-state index < -0.39 is 0 Å². The van der Waals surface area contributed by atoms with Crippen molar-refractivity contribution in [3.63, 3.8) is 0 Å². The van der Waals surface area contributed by atoms with Gasteiger partial charge in [-0.05, 0) is 49.1 Å². The highest BCUT2D eigenvalue weighted by molar-refractivity contribution is 5.55. The molecule has 1 saturated carbocycles. The minimum atomic E-state index is 0.627. The lowest BCUT2D eigenvalue weighted by Crippen LogP contribution is -2.27. The molecule has 19 heavy (non-hydrogen) atoms. The molecule has 0 spiro atoms. The first-order chi connectivity index (χ1) is 9.22. The van der Waals surface area contributed by atoms with Gasteiger partial charge >= 0.3 is 0 Å². The monoisotopic (exact) mass is 257 g/mol. The molecule has 0 saturated heterocycles. The van der Waals surface area contributed by atoms with E-state index in [-0.39, 0.29) is 0 Å². The predicted molar refractivity (Wildman–Crippen MR) is 82.6 cm³/mol. The van der Waals surface area contributed by atoms with E-state index in [4.69, 9.17) is 0 Å². The van der Waals surface area contributed by atoms with Gasteiger partial charge in [0, 0.05) is 11.7 Å². The summed E-state index contributed by atoms with van der Waals surface area (Å²) in [6.07, 6.45) is 8.54. The highest BCUT2D eigenvalue weighted by atomic mass is 14.9. The van der Waals surface area contributed by atoms with Gasteiger partial charge in [0.2, 0.25) is 0 Å². The van der Waals surface area contributed by atoms with Crippen molar-refractivity contribution < 1.29 is 0 Å². The Morgan fingerprint density at radius 2 is 1.79 bits per heavy atom. The molecule has 2 aliphatic rings. The van der Waals surface area contributed by atoms with Crippen LogP contribution in [-0.2, 0) is 0 Å². The van der Waals surface area contributed by atoms with Crippen LogP contribution in [0.2, 0.25) is 0 Å². The van der Waals surface area contributed by atoms with Gasteiger partial charge in [-0.3, -0.25) is 0 Å². The number of fused-ring (bicyclic) bond motifs is 1. The summed E-state index contributed by atoms with van der Waals surface area (Å²) in [6, 6.07) is 9.57. The zero-order valence-corrected chi connectivity index (χ0v) is 12.4. The zero-order chi connectivity index (χ0) is 13.2. The zero-order valence-electron chi connectivity index (χ0n) is 12.4. The van der Waals surface area contributed by atoms with Crippen LogP contribution in [-0.4, -0.2) is 6.04 Å². The molecule has 1 aromatic carbocycles. The van der Waals surface area contributed by atoms with E-state index >= 15 is 0 Å². The second-order valence-electron chi connectivity index (χ2n) is 6.93. The van der Waals surface area contributed by atoms with E-state index in [2.05, 4.69) is 43.4 Å². The van der Waals surface area contributed by atoms with Crippen LogP contribution in [0.4, 0.5) is 5.69 Å². The van der Waals surface area contributed by atoms with E-state index in [1.165, 1.54) is 44.2 Å². The van der Waals surface area contributed by atoms with E-state index in [0.29, 0.717) is 6.04 Å². The number of hydrogen-bond donors (Lipinski definition) is 1. The first-order valence-corrected chi connectivity index (χ1v) is 8.08. The van der Waals surface area contributed by atoms with E-state index in [1.54, 1.807) is 5.56 Å². The van der Waals surface area contributed by atoms with Crippen LogP contribution < -0.4 is 5.32 Å². The lowest BCUT2D eigenvalue weighted by Gasteiger charge is -2.35. The molecule has 0 aromatic heterocycles. The van der Waals surface area contributed by atoms with Crippen LogP contribution in [0.15, 0.2) is 24.3 Å². The summed E-state index contributed by atoms with van der Waals surface area (Å²) in [5, 5.41) is 3.63. The van der Waals surface area contributed by atoms with Crippen LogP contribution in [0.25, 0.3) is 0 Å². The Morgan fingerprint density at radius 1 is 1.05 bits per heavy atom. The van der Waals surface area contributed by atoms with E-state index in [9.17, 15) is 0 Å². The largest absolute Gasteiger partial charge is 0.382 e. The lowest BCUT2D eigenvalue weighted by molar-refractivity contribution is 0.259. The Morgan fingerprint density at radius 3 is 2.58 bits per heavy atom. The third-order valence-electron chi connectivity index (χ3n) is 5.19. The molecule has 1 aliphatic carbocycles. The molecule has 3 rings (SSSR count). The molecule has 1 aromatic rings. The highest BCUT2D eigenvalue weighted by Gasteiger charge is 2.27. The van der Waals surface area contributed by atoms with Crippen molar-refractivity contribution in [1.29, 1.82) is 0 Å². The van der Waals surface area contributed by atoms with Crippen molar-refractivity contribution in [2.45, 2.75) is 64.3 Å². The minimum absolute atomic E-state index is 0.627. The molecule has 2 unspecified atom stereocenters. The first kappa shape index (κ1) is 13.0. The molecule has 1 heterocycles. The van der Waals surface area contributed by atoms with Crippen molar-refractivity contribution in [3.8, 4) is 0 Å². The van der Waals surface area contributed by atoms with Crippen molar-refractivity contribution >= 4 is 5.69 Å². The number of nitrogens with one attached hydrogen (secondary N) is 1. The molecule has 2 atom stereocenters. The molecule has 1 fully saturated rings. The van der Waals surface area contributed by atoms with Crippen molar-refractivity contribution in [1.82, 2.24) is 0 Å². The maximum absolute atomic E-state index is 3.63. The Balaban J connectivity index is 1.71. The van der Waals surface area contributed by atoms with Gasteiger partial charge in [0.05, 0.1) is 0 Å². The van der Waals surface area contributed by atoms with E-state index in [1.807, 2.05) is 0 Å². The van der Waals surface area contributed by atoms with Gasteiger partial charge in [-0.2, -0.15) is 0 Å². The van der Waals surface area contributed by atoms with Crippen molar-refractivity contribution in [2.75, 3.05) is 5.32 Å². The minimum Gasteiger partial charge on any atom is -0.382 e. The normalized spacial score (nSPS) is 34.4. The van der Waals surface area contributed by atoms with Gasteiger partial charge in [0.15, 0.2) is 0 Å². The molecule has 0 radical (unpaired) electrons. The lowest BCUT2D eigenvalue weighted by atomic mass is 9.75. The molecular formula is C18H27N. The standard InChI is InChI=1S/C18H27N/c1-13-7-9-15(10-8-13)12-16-11-14(2)19-18-6-4-3-5-17(16)18/h3-6,13-16,19H,7-12H2,1-2H3. The van der Waals surface area contributed by atoms with E-state index in [0.717, 1.165) is 17.8 Å². The van der Waals surface area contributed by atoms with Crippen LogP contribution in [0.1, 0.15) is 63.9 Å². The molecule has 1 heteroatoms. The van der Waals surface area contributed by atoms with Gasteiger partial charge in [-0.25, -0.2) is 0 Å². The van der Waals surface area contributed by atoms with Gasteiger partial charge < -0.3 is 5.32 Å². The molecule has 1 N–H and O–H groups in total. The molecule has 1 aliphatic heterocycles. The quantitative estimate of drug-likeness (QED) is 0.768. The molecule has 1 nitrogen and oxygen atoms in total. The van der Waals surface area contributed by atoms with Gasteiger partial charge in [-0.1, -0.05) is 50.8 Å². The fourth-order valence-electron chi connectivity index (χ4n) is 4.05. The number of para-hydroxylation sites is 1. The smallest absolute Gasteiger partial charge is 0.0377 e.